The monoisotopic (exact) mass is 238 g/mol. The molecule has 86 valence electrons. The summed E-state index contributed by atoms with van der Waals surface area (Å²) in [6.45, 7) is 0.625. The highest BCUT2D eigenvalue weighted by Crippen LogP contribution is 2.25. The van der Waals surface area contributed by atoms with Crippen LogP contribution in [0.2, 0.25) is 0 Å². The van der Waals surface area contributed by atoms with Crippen LogP contribution in [0.1, 0.15) is 29.6 Å². The highest BCUT2D eigenvalue weighted by molar-refractivity contribution is 6.18. The lowest BCUT2D eigenvalue weighted by molar-refractivity contribution is 0.0597. The number of carbonyl (C=O) groups excluding carboxylic acids is 1. The summed E-state index contributed by atoms with van der Waals surface area (Å²) in [5.74, 6) is 0.543. The van der Waals surface area contributed by atoms with Crippen molar-refractivity contribution in [1.29, 1.82) is 0 Å². The zero-order valence-corrected chi connectivity index (χ0v) is 9.86. The van der Waals surface area contributed by atoms with Crippen LogP contribution in [-0.4, -0.2) is 34.3 Å². The fourth-order valence-electron chi connectivity index (χ4n) is 1.89. The van der Waals surface area contributed by atoms with E-state index in [-0.39, 0.29) is 5.91 Å². The Hall–Kier alpha value is -1.09. The van der Waals surface area contributed by atoms with Crippen LogP contribution in [0.15, 0.2) is 24.5 Å². The number of aromatic nitrogens is 1. The number of carbonyl (C=O) groups is 1. The summed E-state index contributed by atoms with van der Waals surface area (Å²) in [5, 5.41) is 0. The molecule has 1 heterocycles. The van der Waals surface area contributed by atoms with E-state index in [0.717, 1.165) is 12.8 Å². The maximum absolute atomic E-state index is 12.2. The molecule has 1 saturated carbocycles. The van der Waals surface area contributed by atoms with Gasteiger partial charge in [0, 0.05) is 30.9 Å². The molecule has 1 aromatic heterocycles. The van der Waals surface area contributed by atoms with E-state index in [9.17, 15) is 4.79 Å². The molecule has 1 aliphatic carbocycles. The van der Waals surface area contributed by atoms with Crippen molar-refractivity contribution < 1.29 is 4.79 Å². The molecule has 1 aromatic rings. The molecule has 0 aliphatic heterocycles. The summed E-state index contributed by atoms with van der Waals surface area (Å²) in [6.07, 6.45) is 6.70. The molecule has 0 atom stereocenters. The number of rotatable bonds is 4. The van der Waals surface area contributed by atoms with E-state index in [1.807, 2.05) is 4.90 Å². The van der Waals surface area contributed by atoms with Crippen molar-refractivity contribution in [2.75, 3.05) is 12.4 Å². The summed E-state index contributed by atoms with van der Waals surface area (Å²) in [5.41, 5.74) is 0.652. The molecule has 0 spiro atoms. The van der Waals surface area contributed by atoms with Crippen LogP contribution >= 0.6 is 11.6 Å². The van der Waals surface area contributed by atoms with Gasteiger partial charge in [0.25, 0.3) is 5.91 Å². The highest BCUT2D eigenvalue weighted by Gasteiger charge is 2.28. The first kappa shape index (κ1) is 11.4. The molecule has 1 amide bonds. The van der Waals surface area contributed by atoms with Gasteiger partial charge >= 0.3 is 0 Å². The van der Waals surface area contributed by atoms with E-state index in [4.69, 9.17) is 11.6 Å². The van der Waals surface area contributed by atoms with Gasteiger partial charge in [0.05, 0.1) is 5.56 Å². The van der Waals surface area contributed by atoms with Crippen LogP contribution in [0, 0.1) is 0 Å². The Bertz CT molecular complexity index is 351. The van der Waals surface area contributed by atoms with E-state index >= 15 is 0 Å². The Balaban J connectivity index is 2.10. The number of hydrogen-bond donors (Lipinski definition) is 0. The van der Waals surface area contributed by atoms with Gasteiger partial charge in [0.15, 0.2) is 0 Å². The first-order valence-electron chi connectivity index (χ1n) is 5.60. The largest absolute Gasteiger partial charge is 0.334 e. The van der Waals surface area contributed by atoms with Gasteiger partial charge in [-0.2, -0.15) is 0 Å². The predicted molar refractivity (Wildman–Crippen MR) is 63.6 cm³/mol. The van der Waals surface area contributed by atoms with Gasteiger partial charge in [-0.1, -0.05) is 0 Å². The highest BCUT2D eigenvalue weighted by atomic mass is 35.5. The van der Waals surface area contributed by atoms with Crippen molar-refractivity contribution in [1.82, 2.24) is 9.88 Å². The average molecular weight is 239 g/mol. The summed E-state index contributed by atoms with van der Waals surface area (Å²) in [7, 11) is 0. The van der Waals surface area contributed by atoms with Gasteiger partial charge in [0.1, 0.15) is 0 Å². The van der Waals surface area contributed by atoms with Crippen LogP contribution in [0.25, 0.3) is 0 Å². The van der Waals surface area contributed by atoms with Crippen LogP contribution in [-0.2, 0) is 0 Å². The van der Waals surface area contributed by atoms with Gasteiger partial charge < -0.3 is 4.90 Å². The normalized spacial score (nSPS) is 15.6. The third kappa shape index (κ3) is 2.35. The van der Waals surface area contributed by atoms with E-state index in [0.29, 0.717) is 24.0 Å². The Morgan fingerprint density at radius 2 is 2.38 bits per heavy atom. The maximum atomic E-state index is 12.2. The number of nitrogens with zero attached hydrogens (tertiary/aromatic N) is 2. The lowest BCUT2D eigenvalue weighted by Gasteiger charge is -2.37. The van der Waals surface area contributed by atoms with Gasteiger partial charge in [0.2, 0.25) is 0 Å². The SMILES string of the molecule is O=C(c1cccnc1)N(CCCl)C1CCC1. The van der Waals surface area contributed by atoms with Crippen molar-refractivity contribution in [3.8, 4) is 0 Å². The standard InChI is InChI=1S/C12H15ClN2O/c13-6-8-15(11-4-1-5-11)12(16)10-3-2-7-14-9-10/h2-3,7,9,11H,1,4-6,8H2. The fraction of sp³-hybridized carbons (Fsp3) is 0.500. The second-order valence-corrected chi connectivity index (χ2v) is 4.39. The Morgan fingerprint density at radius 1 is 1.56 bits per heavy atom. The van der Waals surface area contributed by atoms with Crippen molar-refractivity contribution in [2.24, 2.45) is 0 Å². The minimum atomic E-state index is 0.0541. The van der Waals surface area contributed by atoms with E-state index in [2.05, 4.69) is 4.98 Å². The second kappa shape index (κ2) is 5.30. The summed E-state index contributed by atoms with van der Waals surface area (Å²) in [4.78, 5) is 18.0. The van der Waals surface area contributed by atoms with E-state index < -0.39 is 0 Å². The Kier molecular flexibility index (Phi) is 3.78. The number of alkyl halides is 1. The summed E-state index contributed by atoms with van der Waals surface area (Å²) >= 11 is 5.74. The molecule has 2 rings (SSSR count). The average Bonchev–Trinajstić information content (AvgIpc) is 2.26. The van der Waals surface area contributed by atoms with Crippen molar-refractivity contribution in [2.45, 2.75) is 25.3 Å². The van der Waals surface area contributed by atoms with E-state index in [1.54, 1.807) is 24.5 Å². The molecule has 0 saturated heterocycles. The second-order valence-electron chi connectivity index (χ2n) is 4.01. The molecule has 0 aromatic carbocycles. The van der Waals surface area contributed by atoms with Crippen LogP contribution in [0.3, 0.4) is 0 Å². The number of halogens is 1. The van der Waals surface area contributed by atoms with Gasteiger partial charge in [-0.3, -0.25) is 9.78 Å². The molecule has 3 nitrogen and oxygen atoms in total. The topological polar surface area (TPSA) is 33.2 Å². The molecule has 16 heavy (non-hydrogen) atoms. The minimum absolute atomic E-state index is 0.0541. The lowest BCUT2D eigenvalue weighted by atomic mass is 9.91. The van der Waals surface area contributed by atoms with Crippen LogP contribution in [0.5, 0.6) is 0 Å². The lowest BCUT2D eigenvalue weighted by Crippen LogP contribution is -2.45. The Labute approximate surface area is 100 Å². The molecular weight excluding hydrogens is 224 g/mol. The summed E-state index contributed by atoms with van der Waals surface area (Å²) < 4.78 is 0. The number of hydrogen-bond acceptors (Lipinski definition) is 2. The van der Waals surface area contributed by atoms with Crippen molar-refractivity contribution >= 4 is 17.5 Å². The maximum Gasteiger partial charge on any atom is 0.255 e. The number of pyridine rings is 1. The van der Waals surface area contributed by atoms with Gasteiger partial charge in [-0.05, 0) is 31.4 Å². The number of amides is 1. The Morgan fingerprint density at radius 3 is 2.88 bits per heavy atom. The first-order valence-corrected chi connectivity index (χ1v) is 6.13. The minimum Gasteiger partial charge on any atom is -0.334 e. The van der Waals surface area contributed by atoms with Gasteiger partial charge in [-0.25, -0.2) is 0 Å². The van der Waals surface area contributed by atoms with E-state index in [1.165, 1.54) is 6.42 Å². The van der Waals surface area contributed by atoms with Crippen LogP contribution in [0.4, 0.5) is 0 Å². The van der Waals surface area contributed by atoms with Crippen molar-refractivity contribution in [3.63, 3.8) is 0 Å². The third-order valence-corrected chi connectivity index (χ3v) is 3.18. The molecule has 0 radical (unpaired) electrons. The molecule has 1 aliphatic rings. The van der Waals surface area contributed by atoms with Crippen molar-refractivity contribution in [3.05, 3.63) is 30.1 Å². The zero-order valence-electron chi connectivity index (χ0n) is 9.10. The molecule has 1 fully saturated rings. The fourth-order valence-corrected chi connectivity index (χ4v) is 2.08. The zero-order chi connectivity index (χ0) is 11.4. The smallest absolute Gasteiger partial charge is 0.255 e. The molecule has 4 heteroatoms. The molecule has 0 unspecified atom stereocenters. The third-order valence-electron chi connectivity index (χ3n) is 3.01. The van der Waals surface area contributed by atoms with Crippen LogP contribution < -0.4 is 0 Å². The molecular formula is C12H15ClN2O. The van der Waals surface area contributed by atoms with Gasteiger partial charge in [-0.15, -0.1) is 11.6 Å². The molecule has 0 N–H and O–H groups in total. The first-order chi connectivity index (χ1) is 7.83. The predicted octanol–water partition coefficient (Wildman–Crippen LogP) is 2.32. The molecule has 0 bridgehead atoms. The quantitative estimate of drug-likeness (QED) is 0.755. The summed E-state index contributed by atoms with van der Waals surface area (Å²) in [6, 6.07) is 3.97.